The Bertz CT molecular complexity index is 698. The molecule has 3 atom stereocenters. The van der Waals surface area contributed by atoms with Crippen molar-refractivity contribution in [3.63, 3.8) is 0 Å². The number of hydrogen-bond acceptors (Lipinski definition) is 3. The number of carbonyl (C=O) groups is 2. The third kappa shape index (κ3) is 3.96. The molecule has 1 aromatic rings. The third-order valence-corrected chi connectivity index (χ3v) is 6.35. The summed E-state index contributed by atoms with van der Waals surface area (Å²) in [5, 5.41) is 3.08. The number of rotatable bonds is 5. The van der Waals surface area contributed by atoms with Gasteiger partial charge in [0.15, 0.2) is 0 Å². The molecule has 2 aliphatic carbocycles. The van der Waals surface area contributed by atoms with E-state index < -0.39 is 0 Å². The van der Waals surface area contributed by atoms with Crippen molar-refractivity contribution in [2.24, 2.45) is 5.92 Å². The number of halogens is 1. The van der Waals surface area contributed by atoms with Crippen LogP contribution >= 0.6 is 15.9 Å². The molecule has 3 aliphatic rings. The lowest BCUT2D eigenvalue weighted by molar-refractivity contribution is -0.135. The molecule has 3 unspecified atom stereocenters. The van der Waals surface area contributed by atoms with Crippen molar-refractivity contribution in [1.29, 1.82) is 0 Å². The van der Waals surface area contributed by atoms with E-state index in [-0.39, 0.29) is 23.8 Å². The normalized spacial score (nSPS) is 27.1. The minimum Gasteiger partial charge on any atom is -0.352 e. The number of nitrogens with zero attached hydrogens (tertiary/aromatic N) is 2. The van der Waals surface area contributed by atoms with Crippen molar-refractivity contribution in [2.75, 3.05) is 26.2 Å². The molecule has 2 saturated carbocycles. The van der Waals surface area contributed by atoms with Gasteiger partial charge in [0, 0.05) is 42.6 Å². The van der Waals surface area contributed by atoms with Gasteiger partial charge in [-0.25, -0.2) is 0 Å². The maximum Gasteiger partial charge on any atom is 0.237 e. The van der Waals surface area contributed by atoms with Crippen LogP contribution < -0.4 is 5.32 Å². The number of piperazine rings is 1. The van der Waals surface area contributed by atoms with Crippen LogP contribution in [-0.4, -0.2) is 59.9 Å². The average Bonchev–Trinajstić information content (AvgIpc) is 3.55. The van der Waals surface area contributed by atoms with E-state index in [0.717, 1.165) is 49.9 Å². The summed E-state index contributed by atoms with van der Waals surface area (Å²) in [7, 11) is 0. The van der Waals surface area contributed by atoms with Gasteiger partial charge in [0.25, 0.3) is 0 Å². The molecule has 140 valence electrons. The Morgan fingerprint density at radius 1 is 1.19 bits per heavy atom. The second kappa shape index (κ2) is 7.31. The van der Waals surface area contributed by atoms with E-state index in [1.165, 1.54) is 5.56 Å². The van der Waals surface area contributed by atoms with E-state index in [1.54, 1.807) is 0 Å². The SMILES string of the molecule is CC(C(=O)NC1CC1)N1CCN(C(=O)C2CC2c2cccc(Br)c2)CC1. The van der Waals surface area contributed by atoms with Gasteiger partial charge in [0.2, 0.25) is 11.8 Å². The lowest BCUT2D eigenvalue weighted by Crippen LogP contribution is -2.55. The zero-order valence-electron chi connectivity index (χ0n) is 15.2. The van der Waals surface area contributed by atoms with Gasteiger partial charge in [0.05, 0.1) is 6.04 Å². The summed E-state index contributed by atoms with van der Waals surface area (Å²) >= 11 is 3.51. The van der Waals surface area contributed by atoms with E-state index in [1.807, 2.05) is 24.0 Å². The molecule has 4 rings (SSSR count). The van der Waals surface area contributed by atoms with Crippen LogP contribution in [0, 0.1) is 5.92 Å². The van der Waals surface area contributed by atoms with Crippen LogP contribution in [0.4, 0.5) is 0 Å². The van der Waals surface area contributed by atoms with Gasteiger partial charge < -0.3 is 10.2 Å². The van der Waals surface area contributed by atoms with Crippen molar-refractivity contribution in [3.05, 3.63) is 34.3 Å². The predicted octanol–water partition coefficient (Wildman–Crippen LogP) is 2.36. The molecular formula is C20H26BrN3O2. The number of amides is 2. The van der Waals surface area contributed by atoms with E-state index in [4.69, 9.17) is 0 Å². The quantitative estimate of drug-likeness (QED) is 0.796. The first kappa shape index (κ1) is 18.0. The van der Waals surface area contributed by atoms with E-state index in [9.17, 15) is 9.59 Å². The Hall–Kier alpha value is -1.40. The largest absolute Gasteiger partial charge is 0.352 e. The molecule has 2 amide bonds. The third-order valence-electron chi connectivity index (χ3n) is 5.86. The van der Waals surface area contributed by atoms with Crippen LogP contribution in [0.25, 0.3) is 0 Å². The van der Waals surface area contributed by atoms with Crippen LogP contribution in [-0.2, 0) is 9.59 Å². The van der Waals surface area contributed by atoms with Gasteiger partial charge in [-0.3, -0.25) is 14.5 Å². The van der Waals surface area contributed by atoms with Crippen molar-refractivity contribution in [1.82, 2.24) is 15.1 Å². The first-order valence-corrected chi connectivity index (χ1v) is 10.4. The van der Waals surface area contributed by atoms with Gasteiger partial charge in [-0.1, -0.05) is 28.1 Å². The molecule has 1 saturated heterocycles. The van der Waals surface area contributed by atoms with Gasteiger partial charge in [0.1, 0.15) is 0 Å². The highest BCUT2D eigenvalue weighted by Gasteiger charge is 2.46. The second-order valence-corrected chi connectivity index (χ2v) is 8.74. The van der Waals surface area contributed by atoms with Crippen molar-refractivity contribution in [2.45, 2.75) is 44.2 Å². The standard InChI is InChI=1S/C20H26BrN3O2/c1-13(19(25)22-16-5-6-16)23-7-9-24(10-8-23)20(26)18-12-17(18)14-3-2-4-15(21)11-14/h2-4,11,13,16-18H,5-10,12H2,1H3,(H,22,25). The molecule has 1 aromatic carbocycles. The smallest absolute Gasteiger partial charge is 0.237 e. The zero-order chi connectivity index (χ0) is 18.3. The fourth-order valence-corrected chi connectivity index (χ4v) is 4.27. The monoisotopic (exact) mass is 419 g/mol. The number of benzene rings is 1. The maximum absolute atomic E-state index is 12.8. The summed E-state index contributed by atoms with van der Waals surface area (Å²) < 4.78 is 1.07. The fourth-order valence-electron chi connectivity index (χ4n) is 3.85. The second-order valence-electron chi connectivity index (χ2n) is 7.82. The highest BCUT2D eigenvalue weighted by atomic mass is 79.9. The van der Waals surface area contributed by atoms with Crippen molar-refractivity contribution < 1.29 is 9.59 Å². The Morgan fingerprint density at radius 3 is 2.58 bits per heavy atom. The summed E-state index contributed by atoms with van der Waals surface area (Å²) in [5.74, 6) is 0.904. The highest BCUT2D eigenvalue weighted by Crippen LogP contribution is 2.48. The molecule has 3 fully saturated rings. The van der Waals surface area contributed by atoms with Crippen LogP contribution in [0.1, 0.15) is 37.7 Å². The molecule has 1 N–H and O–H groups in total. The maximum atomic E-state index is 12.8. The summed E-state index contributed by atoms with van der Waals surface area (Å²) in [6, 6.07) is 8.58. The van der Waals surface area contributed by atoms with Gasteiger partial charge in [-0.2, -0.15) is 0 Å². The van der Waals surface area contributed by atoms with Crippen LogP contribution in [0.2, 0.25) is 0 Å². The van der Waals surface area contributed by atoms with Crippen molar-refractivity contribution in [3.8, 4) is 0 Å². The molecule has 1 aliphatic heterocycles. The lowest BCUT2D eigenvalue weighted by Gasteiger charge is -2.37. The first-order valence-electron chi connectivity index (χ1n) is 9.61. The van der Waals surface area contributed by atoms with Gasteiger partial charge in [-0.05, 0) is 49.8 Å². The molecule has 0 bridgehead atoms. The number of nitrogens with one attached hydrogen (secondary N) is 1. The van der Waals surface area contributed by atoms with Crippen LogP contribution in [0.5, 0.6) is 0 Å². The summed E-state index contributed by atoms with van der Waals surface area (Å²) in [6.07, 6.45) is 3.18. The minimum absolute atomic E-state index is 0.108. The molecule has 0 aromatic heterocycles. The molecular weight excluding hydrogens is 394 g/mol. The topological polar surface area (TPSA) is 52.7 Å². The predicted molar refractivity (Wildman–Crippen MR) is 104 cm³/mol. The Balaban J connectivity index is 1.27. The molecule has 0 spiro atoms. The zero-order valence-corrected chi connectivity index (χ0v) is 16.7. The molecule has 6 heteroatoms. The number of carbonyl (C=O) groups excluding carboxylic acids is 2. The Kier molecular flexibility index (Phi) is 5.06. The Morgan fingerprint density at radius 2 is 1.92 bits per heavy atom. The summed E-state index contributed by atoms with van der Waals surface area (Å²) in [4.78, 5) is 29.2. The fraction of sp³-hybridized carbons (Fsp3) is 0.600. The average molecular weight is 420 g/mol. The Labute approximate surface area is 163 Å². The van der Waals surface area contributed by atoms with Crippen LogP contribution in [0.15, 0.2) is 28.7 Å². The van der Waals surface area contributed by atoms with Crippen LogP contribution in [0.3, 0.4) is 0 Å². The van der Waals surface area contributed by atoms with Gasteiger partial charge >= 0.3 is 0 Å². The highest BCUT2D eigenvalue weighted by molar-refractivity contribution is 9.10. The van der Waals surface area contributed by atoms with Gasteiger partial charge in [-0.15, -0.1) is 0 Å². The van der Waals surface area contributed by atoms with E-state index in [0.29, 0.717) is 12.0 Å². The summed E-state index contributed by atoms with van der Waals surface area (Å²) in [6.45, 7) is 4.97. The first-order chi connectivity index (χ1) is 12.5. The van der Waals surface area contributed by atoms with E-state index in [2.05, 4.69) is 38.3 Å². The molecule has 1 heterocycles. The molecule has 26 heavy (non-hydrogen) atoms. The summed E-state index contributed by atoms with van der Waals surface area (Å²) in [5.41, 5.74) is 1.25. The molecule has 5 nitrogen and oxygen atoms in total. The lowest BCUT2D eigenvalue weighted by atomic mass is 10.1. The van der Waals surface area contributed by atoms with Crippen molar-refractivity contribution >= 4 is 27.7 Å². The van der Waals surface area contributed by atoms with E-state index >= 15 is 0 Å². The molecule has 0 radical (unpaired) electrons. The number of hydrogen-bond donors (Lipinski definition) is 1. The minimum atomic E-state index is -0.108.